The van der Waals surface area contributed by atoms with E-state index in [1.54, 1.807) is 0 Å². The van der Waals surface area contributed by atoms with Gasteiger partial charge in [-0.2, -0.15) is 0 Å². The molecule has 90 valence electrons. The molecule has 1 aromatic carbocycles. The van der Waals surface area contributed by atoms with E-state index in [2.05, 4.69) is 0 Å². The van der Waals surface area contributed by atoms with E-state index in [-0.39, 0.29) is 15.5 Å². The summed E-state index contributed by atoms with van der Waals surface area (Å²) < 4.78 is 48.9. The first-order valence-corrected chi connectivity index (χ1v) is 7.67. The number of methoxy groups -OCH3 is 1. The molecule has 1 rings (SSSR count). The smallest absolute Gasteiger partial charge is 0.261 e. The molecule has 0 saturated carbocycles. The summed E-state index contributed by atoms with van der Waals surface area (Å²) in [5.74, 6) is -0.177. The monoisotopic (exact) mass is 285 g/mol. The summed E-state index contributed by atoms with van der Waals surface area (Å²) >= 11 is 0. The summed E-state index contributed by atoms with van der Waals surface area (Å²) in [7, 11) is -1.63. The topological polar surface area (TPSA) is 104 Å². The number of hydrogen-bond acceptors (Lipinski definition) is 5. The molecular formula is C7H8ClNO5S2. The van der Waals surface area contributed by atoms with Crippen LogP contribution in [0.25, 0.3) is 0 Å². The number of nitrogens with two attached hydrogens (primary N) is 1. The molecule has 0 atom stereocenters. The lowest BCUT2D eigenvalue weighted by Gasteiger charge is -2.07. The van der Waals surface area contributed by atoms with Crippen LogP contribution in [-0.4, -0.2) is 23.9 Å². The Morgan fingerprint density at radius 1 is 1.25 bits per heavy atom. The average molecular weight is 286 g/mol. The Labute approximate surface area is 97.4 Å². The van der Waals surface area contributed by atoms with Gasteiger partial charge >= 0.3 is 0 Å². The molecule has 0 bridgehead atoms. The molecule has 0 aliphatic heterocycles. The highest BCUT2D eigenvalue weighted by Crippen LogP contribution is 2.27. The quantitative estimate of drug-likeness (QED) is 0.803. The fourth-order valence-corrected chi connectivity index (χ4v) is 2.48. The summed E-state index contributed by atoms with van der Waals surface area (Å²) in [4.78, 5) is -0.572. The van der Waals surface area contributed by atoms with Gasteiger partial charge in [0.05, 0.1) is 12.0 Å². The fraction of sp³-hybridized carbons (Fsp3) is 0.143. The maximum atomic E-state index is 11.1. The predicted octanol–water partition coefficient (Wildman–Crippen LogP) is 0.270. The largest absolute Gasteiger partial charge is 0.495 e. The second kappa shape index (κ2) is 4.21. The molecule has 0 fully saturated rings. The van der Waals surface area contributed by atoms with Gasteiger partial charge in [-0.25, -0.2) is 22.0 Å². The van der Waals surface area contributed by atoms with Crippen LogP contribution in [0.3, 0.4) is 0 Å². The van der Waals surface area contributed by atoms with Gasteiger partial charge in [0.25, 0.3) is 9.05 Å². The van der Waals surface area contributed by atoms with Crippen molar-refractivity contribution in [3.05, 3.63) is 18.2 Å². The first-order chi connectivity index (χ1) is 7.16. The van der Waals surface area contributed by atoms with Gasteiger partial charge in [-0.1, -0.05) is 0 Å². The Morgan fingerprint density at radius 2 is 1.81 bits per heavy atom. The zero-order chi connectivity index (χ0) is 12.6. The standard InChI is InChI=1S/C7H8ClNO5S2/c1-14-6-4-5(15(8,10)11)2-3-7(6)16(9,12)13/h2-4H,1H3,(H2,9,12,13). The van der Waals surface area contributed by atoms with Gasteiger partial charge in [-0.3, -0.25) is 0 Å². The normalized spacial score (nSPS) is 12.4. The number of sulfonamides is 1. The summed E-state index contributed by atoms with van der Waals surface area (Å²) in [6.45, 7) is 0. The minimum atomic E-state index is -3.97. The molecule has 0 aliphatic rings. The van der Waals surface area contributed by atoms with Crippen molar-refractivity contribution in [2.75, 3.05) is 7.11 Å². The van der Waals surface area contributed by atoms with E-state index in [0.29, 0.717) is 0 Å². The van der Waals surface area contributed by atoms with Crippen molar-refractivity contribution >= 4 is 29.8 Å². The van der Waals surface area contributed by atoms with Crippen LogP contribution in [0.1, 0.15) is 0 Å². The maximum Gasteiger partial charge on any atom is 0.261 e. The van der Waals surface area contributed by atoms with Crippen molar-refractivity contribution in [2.45, 2.75) is 9.79 Å². The Balaban J connectivity index is 3.52. The van der Waals surface area contributed by atoms with Gasteiger partial charge in [-0.15, -0.1) is 0 Å². The van der Waals surface area contributed by atoms with Crippen LogP contribution in [-0.2, 0) is 19.1 Å². The van der Waals surface area contributed by atoms with E-state index in [1.165, 1.54) is 7.11 Å². The Bertz CT molecular complexity index is 608. The van der Waals surface area contributed by atoms with Gasteiger partial charge < -0.3 is 4.74 Å². The van der Waals surface area contributed by atoms with Crippen molar-refractivity contribution in [1.29, 1.82) is 0 Å². The first kappa shape index (κ1) is 13.2. The second-order valence-corrected chi connectivity index (χ2v) is 6.89. The molecule has 2 N–H and O–H groups in total. The lowest BCUT2D eigenvalue weighted by molar-refractivity contribution is 0.401. The second-order valence-electron chi connectivity index (χ2n) is 2.80. The van der Waals surface area contributed by atoms with Crippen LogP contribution >= 0.6 is 10.7 Å². The number of ether oxygens (including phenoxy) is 1. The number of primary sulfonamides is 1. The van der Waals surface area contributed by atoms with Gasteiger partial charge in [0.1, 0.15) is 10.6 Å². The van der Waals surface area contributed by atoms with E-state index in [1.807, 2.05) is 0 Å². The van der Waals surface area contributed by atoms with E-state index in [0.717, 1.165) is 18.2 Å². The molecule has 0 radical (unpaired) electrons. The van der Waals surface area contributed by atoms with E-state index < -0.39 is 19.1 Å². The van der Waals surface area contributed by atoms with Crippen molar-refractivity contribution in [3.8, 4) is 5.75 Å². The lowest BCUT2D eigenvalue weighted by Crippen LogP contribution is -2.13. The van der Waals surface area contributed by atoms with E-state index in [9.17, 15) is 16.8 Å². The summed E-state index contributed by atoms with van der Waals surface area (Å²) in [6, 6.07) is 3.04. The summed E-state index contributed by atoms with van der Waals surface area (Å²) in [6.07, 6.45) is 0. The van der Waals surface area contributed by atoms with Crippen LogP contribution in [0, 0.1) is 0 Å². The highest BCUT2D eigenvalue weighted by atomic mass is 35.7. The van der Waals surface area contributed by atoms with Gasteiger partial charge in [0, 0.05) is 16.7 Å². The Hall–Kier alpha value is -0.830. The molecule has 0 heterocycles. The predicted molar refractivity (Wildman–Crippen MR) is 57.4 cm³/mol. The van der Waals surface area contributed by atoms with Crippen LogP contribution in [0.2, 0.25) is 0 Å². The van der Waals surface area contributed by atoms with E-state index >= 15 is 0 Å². The van der Waals surface area contributed by atoms with Gasteiger partial charge in [-0.05, 0) is 12.1 Å². The Morgan fingerprint density at radius 3 is 2.19 bits per heavy atom. The molecule has 9 heteroatoms. The minimum absolute atomic E-state index is 0.177. The molecule has 0 spiro atoms. The number of benzene rings is 1. The highest BCUT2D eigenvalue weighted by molar-refractivity contribution is 8.13. The Kier molecular flexibility index (Phi) is 3.48. The van der Waals surface area contributed by atoms with Crippen molar-refractivity contribution in [3.63, 3.8) is 0 Å². The number of rotatable bonds is 3. The number of hydrogen-bond donors (Lipinski definition) is 1. The molecule has 0 unspecified atom stereocenters. The van der Waals surface area contributed by atoms with Crippen molar-refractivity contribution in [2.24, 2.45) is 5.14 Å². The van der Waals surface area contributed by atoms with E-state index in [4.69, 9.17) is 20.6 Å². The van der Waals surface area contributed by atoms with Crippen LogP contribution in [0.15, 0.2) is 28.0 Å². The molecular weight excluding hydrogens is 278 g/mol. The molecule has 6 nitrogen and oxygen atoms in total. The molecule has 0 amide bonds. The third-order valence-electron chi connectivity index (χ3n) is 1.72. The van der Waals surface area contributed by atoms with Crippen molar-refractivity contribution < 1.29 is 21.6 Å². The zero-order valence-electron chi connectivity index (χ0n) is 8.05. The molecule has 0 saturated heterocycles. The highest BCUT2D eigenvalue weighted by Gasteiger charge is 2.19. The summed E-state index contributed by atoms with van der Waals surface area (Å²) in [5.41, 5.74) is 0. The molecule has 1 aromatic rings. The third kappa shape index (κ3) is 2.85. The van der Waals surface area contributed by atoms with Gasteiger partial charge in [0.15, 0.2) is 0 Å². The van der Waals surface area contributed by atoms with Gasteiger partial charge in [0.2, 0.25) is 10.0 Å². The minimum Gasteiger partial charge on any atom is -0.495 e. The fourth-order valence-electron chi connectivity index (χ4n) is 1.03. The van der Waals surface area contributed by atoms with Crippen LogP contribution < -0.4 is 9.88 Å². The zero-order valence-corrected chi connectivity index (χ0v) is 10.4. The SMILES string of the molecule is COc1cc(S(=O)(=O)Cl)ccc1S(N)(=O)=O. The van der Waals surface area contributed by atoms with Crippen LogP contribution in [0.5, 0.6) is 5.75 Å². The van der Waals surface area contributed by atoms with Crippen molar-refractivity contribution in [1.82, 2.24) is 0 Å². The maximum absolute atomic E-state index is 11.1. The molecule has 16 heavy (non-hydrogen) atoms. The average Bonchev–Trinajstić information content (AvgIpc) is 2.14. The number of halogens is 1. The lowest BCUT2D eigenvalue weighted by atomic mass is 10.3. The van der Waals surface area contributed by atoms with Crippen LogP contribution in [0.4, 0.5) is 0 Å². The molecule has 0 aromatic heterocycles. The first-order valence-electron chi connectivity index (χ1n) is 3.82. The summed E-state index contributed by atoms with van der Waals surface area (Å²) in [5, 5.41) is 4.90. The third-order valence-corrected chi connectivity index (χ3v) is 4.03. The molecule has 0 aliphatic carbocycles.